The average Bonchev–Trinajstić information content (AvgIpc) is 2.41. The molecule has 1 nitrogen and oxygen atoms in total. The van der Waals surface area contributed by atoms with E-state index in [-0.39, 0.29) is 0 Å². The van der Waals surface area contributed by atoms with Crippen molar-refractivity contribution in [2.45, 2.75) is 13.3 Å². The summed E-state index contributed by atoms with van der Waals surface area (Å²) in [6, 6.07) is 18.9. The highest BCUT2D eigenvalue weighted by Crippen LogP contribution is 2.21. The van der Waals surface area contributed by atoms with Gasteiger partial charge in [0, 0.05) is 11.1 Å². The fourth-order valence-electron chi connectivity index (χ4n) is 2.42. The number of benzene rings is 2. The molecular weight excluding hydrogens is 230 g/mol. The number of hydrogen-bond acceptors (Lipinski definition) is 1. The summed E-state index contributed by atoms with van der Waals surface area (Å²) in [5.74, 6) is 0. The maximum atomic E-state index is 4.58. The highest BCUT2D eigenvalue weighted by molar-refractivity contribution is 5.82. The van der Waals surface area contributed by atoms with E-state index >= 15 is 0 Å². The van der Waals surface area contributed by atoms with Gasteiger partial charge in [-0.2, -0.15) is 0 Å². The van der Waals surface area contributed by atoms with Crippen molar-refractivity contribution in [3.05, 3.63) is 83.9 Å². The van der Waals surface area contributed by atoms with Gasteiger partial charge in [-0.15, -0.1) is 0 Å². The number of rotatable bonds is 2. The smallest absolute Gasteiger partial charge is 0.0708 e. The summed E-state index contributed by atoms with van der Waals surface area (Å²) < 4.78 is 0. The van der Waals surface area contributed by atoms with Crippen molar-refractivity contribution in [3.63, 3.8) is 0 Å². The molecule has 93 valence electrons. The molecule has 0 amide bonds. The molecule has 0 saturated heterocycles. The first-order chi connectivity index (χ1) is 9.22. The van der Waals surface area contributed by atoms with Crippen LogP contribution in [-0.2, 0) is 6.42 Å². The predicted octanol–water partition coefficient (Wildman–Crippen LogP) is 4.32. The molecule has 0 saturated carbocycles. The molecule has 1 radical (unpaired) electrons. The Morgan fingerprint density at radius 2 is 1.74 bits per heavy atom. The topological polar surface area (TPSA) is 12.9 Å². The van der Waals surface area contributed by atoms with Crippen LogP contribution in [0, 0.1) is 13.8 Å². The minimum absolute atomic E-state index is 0.935. The van der Waals surface area contributed by atoms with E-state index in [0.717, 1.165) is 23.2 Å². The predicted molar refractivity (Wildman–Crippen MR) is 80.2 cm³/mol. The Morgan fingerprint density at radius 3 is 2.53 bits per heavy atom. The summed E-state index contributed by atoms with van der Waals surface area (Å²) in [4.78, 5) is 4.58. The van der Waals surface area contributed by atoms with Crippen molar-refractivity contribution in [1.82, 2.24) is 4.98 Å². The number of fused-ring (bicyclic) bond motifs is 1. The van der Waals surface area contributed by atoms with Crippen LogP contribution in [0.25, 0.3) is 10.9 Å². The Labute approximate surface area is 113 Å². The van der Waals surface area contributed by atoms with Gasteiger partial charge >= 0.3 is 0 Å². The van der Waals surface area contributed by atoms with Crippen LogP contribution >= 0.6 is 0 Å². The molecule has 0 unspecified atom stereocenters. The fourth-order valence-corrected chi connectivity index (χ4v) is 2.42. The van der Waals surface area contributed by atoms with Crippen LogP contribution in [0.4, 0.5) is 0 Å². The third kappa shape index (κ3) is 2.50. The fraction of sp³-hybridized carbons (Fsp3) is 0.111. The van der Waals surface area contributed by atoms with E-state index in [9.17, 15) is 0 Å². The monoisotopic (exact) mass is 246 g/mol. The van der Waals surface area contributed by atoms with Crippen LogP contribution in [0.3, 0.4) is 0 Å². The third-order valence-electron chi connectivity index (χ3n) is 3.35. The highest BCUT2D eigenvalue weighted by atomic mass is 14.7. The third-order valence-corrected chi connectivity index (χ3v) is 3.35. The molecule has 3 rings (SSSR count). The zero-order chi connectivity index (χ0) is 13.2. The average molecular weight is 246 g/mol. The van der Waals surface area contributed by atoms with E-state index in [4.69, 9.17) is 0 Å². The van der Waals surface area contributed by atoms with Gasteiger partial charge in [-0.1, -0.05) is 42.5 Å². The first-order valence-corrected chi connectivity index (χ1v) is 6.48. The van der Waals surface area contributed by atoms with Gasteiger partial charge in [0.25, 0.3) is 0 Å². The first kappa shape index (κ1) is 11.9. The zero-order valence-electron chi connectivity index (χ0n) is 11.1. The molecule has 0 aliphatic heterocycles. The van der Waals surface area contributed by atoms with Crippen molar-refractivity contribution in [2.24, 2.45) is 0 Å². The van der Waals surface area contributed by atoms with E-state index < -0.39 is 0 Å². The van der Waals surface area contributed by atoms with Crippen LogP contribution in [0.15, 0.2) is 54.6 Å². The van der Waals surface area contributed by atoms with E-state index in [1.165, 1.54) is 16.5 Å². The van der Waals surface area contributed by atoms with Crippen LogP contribution < -0.4 is 0 Å². The number of pyridine rings is 1. The van der Waals surface area contributed by atoms with Gasteiger partial charge in [0.2, 0.25) is 0 Å². The minimum Gasteiger partial charge on any atom is -0.253 e. The SMILES string of the molecule is [CH2]c1ccc(Cc2cc(C)nc3ccccc23)cc1. The molecule has 0 fully saturated rings. The van der Waals surface area contributed by atoms with Crippen molar-refractivity contribution in [1.29, 1.82) is 0 Å². The van der Waals surface area contributed by atoms with E-state index in [1.54, 1.807) is 0 Å². The molecule has 19 heavy (non-hydrogen) atoms. The van der Waals surface area contributed by atoms with Crippen LogP contribution in [0.5, 0.6) is 0 Å². The molecule has 0 spiro atoms. The van der Waals surface area contributed by atoms with Crippen LogP contribution in [0.2, 0.25) is 0 Å². The van der Waals surface area contributed by atoms with E-state index in [1.807, 2.05) is 6.07 Å². The van der Waals surface area contributed by atoms with E-state index in [2.05, 4.69) is 67.4 Å². The summed E-state index contributed by atoms with van der Waals surface area (Å²) in [6.07, 6.45) is 0.935. The summed E-state index contributed by atoms with van der Waals surface area (Å²) in [6.45, 7) is 5.97. The summed E-state index contributed by atoms with van der Waals surface area (Å²) >= 11 is 0. The molecule has 0 atom stereocenters. The standard InChI is InChI=1S/C18H16N/c1-13-7-9-15(10-8-13)12-16-11-14(2)19-18-6-4-3-5-17(16)18/h3-11H,1,12H2,2H3. The molecule has 0 aliphatic carbocycles. The zero-order valence-corrected chi connectivity index (χ0v) is 11.1. The number of nitrogens with zero attached hydrogens (tertiary/aromatic N) is 1. The lowest BCUT2D eigenvalue weighted by Gasteiger charge is -2.08. The molecule has 1 heteroatoms. The van der Waals surface area contributed by atoms with Gasteiger partial charge < -0.3 is 0 Å². The summed E-state index contributed by atoms with van der Waals surface area (Å²) in [5, 5.41) is 1.24. The van der Waals surface area contributed by atoms with Gasteiger partial charge in [-0.05, 0) is 49.1 Å². The lowest BCUT2D eigenvalue weighted by Crippen LogP contribution is -1.94. The molecule has 0 N–H and O–H groups in total. The first-order valence-electron chi connectivity index (χ1n) is 6.48. The van der Waals surface area contributed by atoms with Gasteiger partial charge in [0.15, 0.2) is 0 Å². The maximum Gasteiger partial charge on any atom is 0.0708 e. The quantitative estimate of drug-likeness (QED) is 0.656. The lowest BCUT2D eigenvalue weighted by atomic mass is 9.99. The second-order valence-corrected chi connectivity index (χ2v) is 4.93. The normalized spacial score (nSPS) is 10.8. The molecule has 1 aromatic heterocycles. The highest BCUT2D eigenvalue weighted by Gasteiger charge is 2.04. The van der Waals surface area contributed by atoms with Crippen molar-refractivity contribution >= 4 is 10.9 Å². The minimum atomic E-state index is 0.935. The van der Waals surface area contributed by atoms with Crippen molar-refractivity contribution in [3.8, 4) is 0 Å². The van der Waals surface area contributed by atoms with Crippen molar-refractivity contribution < 1.29 is 0 Å². The number of aryl methyl sites for hydroxylation is 1. The Hall–Kier alpha value is -2.15. The number of hydrogen-bond donors (Lipinski definition) is 0. The number of para-hydroxylation sites is 1. The second kappa shape index (κ2) is 4.85. The summed E-state index contributed by atoms with van der Waals surface area (Å²) in [5.41, 5.74) is 5.84. The largest absolute Gasteiger partial charge is 0.253 e. The molecule has 3 aromatic rings. The second-order valence-electron chi connectivity index (χ2n) is 4.93. The van der Waals surface area contributed by atoms with Crippen LogP contribution in [-0.4, -0.2) is 4.98 Å². The molecule has 2 aromatic carbocycles. The Balaban J connectivity index is 2.07. The van der Waals surface area contributed by atoms with E-state index in [0.29, 0.717) is 0 Å². The molecular formula is C18H16N. The molecule has 0 bridgehead atoms. The lowest BCUT2D eigenvalue weighted by molar-refractivity contribution is 1.16. The summed E-state index contributed by atoms with van der Waals surface area (Å²) in [7, 11) is 0. The number of aromatic nitrogens is 1. The van der Waals surface area contributed by atoms with Gasteiger partial charge in [-0.25, -0.2) is 0 Å². The van der Waals surface area contributed by atoms with Gasteiger partial charge in [-0.3, -0.25) is 4.98 Å². The van der Waals surface area contributed by atoms with Crippen LogP contribution in [0.1, 0.15) is 22.4 Å². The van der Waals surface area contributed by atoms with Gasteiger partial charge in [0.05, 0.1) is 5.52 Å². The Bertz CT molecular complexity index is 711. The Morgan fingerprint density at radius 1 is 1.00 bits per heavy atom. The van der Waals surface area contributed by atoms with Gasteiger partial charge in [0.1, 0.15) is 0 Å². The maximum absolute atomic E-state index is 4.58. The Kier molecular flexibility index (Phi) is 3.04. The molecule has 1 heterocycles. The van der Waals surface area contributed by atoms with Crippen molar-refractivity contribution in [2.75, 3.05) is 0 Å². The molecule has 0 aliphatic rings.